The van der Waals surface area contributed by atoms with Gasteiger partial charge in [-0.3, -0.25) is 0 Å². The van der Waals surface area contributed by atoms with Crippen LogP contribution < -0.4 is 0 Å². The highest BCUT2D eigenvalue weighted by Gasteiger charge is 2.63. The quantitative estimate of drug-likeness (QED) is 0.478. The minimum absolute atomic E-state index is 4.29. The van der Waals surface area contributed by atoms with Crippen molar-refractivity contribution >= 4 is 8.38 Å². The first-order chi connectivity index (χ1) is 4.19. The molecule has 0 unspecified atom stereocenters. The van der Waals surface area contributed by atoms with E-state index in [4.69, 9.17) is 9.79 Å². The van der Waals surface area contributed by atoms with Crippen molar-refractivity contribution < 1.29 is 31.7 Å². The molecule has 0 bridgehead atoms. The third-order valence-corrected chi connectivity index (χ3v) is 1.35. The van der Waals surface area contributed by atoms with Gasteiger partial charge in [0.25, 0.3) is 8.38 Å². The van der Waals surface area contributed by atoms with Crippen molar-refractivity contribution in [2.75, 3.05) is 0 Å². The van der Waals surface area contributed by atoms with Crippen LogP contribution in [0.5, 0.6) is 0 Å². The summed E-state index contributed by atoms with van der Waals surface area (Å²) in [6.07, 6.45) is -5.89. The van der Waals surface area contributed by atoms with E-state index in [0.717, 1.165) is 0 Å². The number of hydrogen-bond donors (Lipinski definition) is 2. The fraction of sp³-hybridized carbons (Fsp3) is 1.00. The summed E-state index contributed by atoms with van der Waals surface area (Å²) in [4.78, 5) is 15.1. The highest BCUT2D eigenvalue weighted by atomic mass is 31.2. The van der Waals surface area contributed by atoms with Crippen molar-refractivity contribution in [3.63, 3.8) is 0 Å². The first-order valence-electron chi connectivity index (χ1n) is 1.82. The van der Waals surface area contributed by atoms with E-state index in [0.29, 0.717) is 0 Å². The van der Waals surface area contributed by atoms with Gasteiger partial charge in [0.05, 0.1) is 0 Å². The van der Waals surface area contributed by atoms with Gasteiger partial charge in [-0.2, -0.15) is 22.0 Å². The Bertz CT molecular complexity index is 119. The Morgan fingerprint density at radius 2 is 1.20 bits per heavy atom. The summed E-state index contributed by atoms with van der Waals surface area (Å²) in [6.45, 7) is 0. The molecule has 0 radical (unpaired) electrons. The highest BCUT2D eigenvalue weighted by Crippen LogP contribution is 2.54. The largest absolute Gasteiger partial charge is 0.462 e. The van der Waals surface area contributed by atoms with Crippen molar-refractivity contribution in [1.29, 1.82) is 0 Å². The third kappa shape index (κ3) is 1.74. The lowest BCUT2D eigenvalue weighted by Gasteiger charge is -2.19. The Morgan fingerprint density at radius 3 is 1.20 bits per heavy atom. The molecule has 0 fully saturated rings. The summed E-state index contributed by atoms with van der Waals surface area (Å²) in [5.41, 5.74) is -5.39. The Hall–Kier alpha value is 0. The van der Waals surface area contributed by atoms with Gasteiger partial charge < -0.3 is 9.79 Å². The highest BCUT2D eigenvalue weighted by molar-refractivity contribution is 7.46. The SMILES string of the molecule is OP(O)C(F)(F)C(F)(F)F. The second kappa shape index (κ2) is 2.56. The number of halogens is 5. The second-order valence-corrected chi connectivity index (χ2v) is 2.47. The van der Waals surface area contributed by atoms with Gasteiger partial charge in [0.15, 0.2) is 0 Å². The van der Waals surface area contributed by atoms with Gasteiger partial charge in [-0.25, -0.2) is 0 Å². The van der Waals surface area contributed by atoms with Crippen molar-refractivity contribution in [3.05, 3.63) is 0 Å². The summed E-state index contributed by atoms with van der Waals surface area (Å²) in [6, 6.07) is 0. The van der Waals surface area contributed by atoms with Gasteiger partial charge in [0.2, 0.25) is 0 Å². The van der Waals surface area contributed by atoms with Gasteiger partial charge >= 0.3 is 11.8 Å². The van der Waals surface area contributed by atoms with Crippen molar-refractivity contribution in [3.8, 4) is 0 Å². The maximum Gasteiger partial charge on any atom is 0.462 e. The Kier molecular flexibility index (Phi) is 2.56. The van der Waals surface area contributed by atoms with Crippen LogP contribution in [0.4, 0.5) is 22.0 Å². The van der Waals surface area contributed by atoms with Gasteiger partial charge in [-0.1, -0.05) is 0 Å². The summed E-state index contributed by atoms with van der Waals surface area (Å²) in [7, 11) is -4.29. The van der Waals surface area contributed by atoms with Gasteiger partial charge in [-0.15, -0.1) is 0 Å². The number of rotatable bonds is 1. The molecule has 0 heterocycles. The standard InChI is InChI=1S/C2H2F5O2P/c3-1(4,5)2(6,7)10(8)9/h8-9H. The van der Waals surface area contributed by atoms with Crippen LogP contribution in [0.1, 0.15) is 0 Å². The zero-order chi connectivity index (χ0) is 8.58. The van der Waals surface area contributed by atoms with Crippen LogP contribution in [0.3, 0.4) is 0 Å². The molecule has 10 heavy (non-hydrogen) atoms. The zero-order valence-electron chi connectivity index (χ0n) is 4.23. The molecule has 62 valence electrons. The smallest absolute Gasteiger partial charge is 0.346 e. The molecular weight excluding hydrogens is 182 g/mol. The average Bonchev–Trinajstić information content (AvgIpc) is 1.62. The van der Waals surface area contributed by atoms with Crippen LogP contribution in [-0.4, -0.2) is 21.6 Å². The predicted octanol–water partition coefficient (Wildman–Crippen LogP) is 1.44. The number of alkyl halides is 5. The number of hydrogen-bond acceptors (Lipinski definition) is 2. The van der Waals surface area contributed by atoms with E-state index >= 15 is 0 Å². The Morgan fingerprint density at radius 1 is 0.900 bits per heavy atom. The van der Waals surface area contributed by atoms with Crippen LogP contribution >= 0.6 is 8.38 Å². The zero-order valence-corrected chi connectivity index (χ0v) is 5.13. The second-order valence-electron chi connectivity index (χ2n) is 1.33. The lowest BCUT2D eigenvalue weighted by Crippen LogP contribution is -2.34. The molecule has 0 aliphatic heterocycles. The lowest BCUT2D eigenvalue weighted by atomic mass is 10.7. The maximum absolute atomic E-state index is 11.5. The first-order valence-corrected chi connectivity index (χ1v) is 3.07. The summed E-state index contributed by atoms with van der Waals surface area (Å²) in [5.74, 6) is 0. The van der Waals surface area contributed by atoms with Crippen LogP contribution in [0.15, 0.2) is 0 Å². The molecule has 2 N–H and O–H groups in total. The summed E-state index contributed by atoms with van der Waals surface area (Å²) >= 11 is 0. The van der Waals surface area contributed by atoms with Crippen molar-refractivity contribution in [1.82, 2.24) is 0 Å². The normalized spacial score (nSPS) is 14.4. The minimum atomic E-state index is -5.89. The maximum atomic E-state index is 11.5. The van der Waals surface area contributed by atoms with Crippen molar-refractivity contribution in [2.45, 2.75) is 11.8 Å². The van der Waals surface area contributed by atoms with Crippen LogP contribution in [0, 0.1) is 0 Å². The minimum Gasteiger partial charge on any atom is -0.346 e. The fourth-order valence-electron chi connectivity index (χ4n) is 0.113. The average molecular weight is 184 g/mol. The molecule has 8 heteroatoms. The fourth-order valence-corrected chi connectivity index (χ4v) is 0.340. The van der Waals surface area contributed by atoms with Gasteiger partial charge in [0, 0.05) is 0 Å². The lowest BCUT2D eigenvalue weighted by molar-refractivity contribution is -0.245. The van der Waals surface area contributed by atoms with Gasteiger partial charge in [-0.05, 0) is 0 Å². The molecule has 0 atom stereocenters. The van der Waals surface area contributed by atoms with E-state index in [2.05, 4.69) is 0 Å². The molecule has 0 aromatic heterocycles. The molecule has 0 saturated heterocycles. The van der Waals surface area contributed by atoms with E-state index in [1.807, 2.05) is 0 Å². The van der Waals surface area contributed by atoms with E-state index in [-0.39, 0.29) is 0 Å². The molecule has 0 aromatic carbocycles. The molecule has 0 rings (SSSR count). The molecule has 0 aliphatic carbocycles. The summed E-state index contributed by atoms with van der Waals surface area (Å²) in [5, 5.41) is 0. The molecular formula is C2H2F5O2P. The van der Waals surface area contributed by atoms with Crippen LogP contribution in [-0.2, 0) is 0 Å². The van der Waals surface area contributed by atoms with E-state index in [9.17, 15) is 22.0 Å². The third-order valence-electron chi connectivity index (χ3n) is 0.592. The van der Waals surface area contributed by atoms with E-state index in [1.165, 1.54) is 0 Å². The predicted molar refractivity (Wildman–Crippen MR) is 22.4 cm³/mol. The van der Waals surface area contributed by atoms with Gasteiger partial charge in [0.1, 0.15) is 0 Å². The summed E-state index contributed by atoms with van der Waals surface area (Å²) < 4.78 is 56.0. The Labute approximate surface area is 53.2 Å². The molecule has 0 aromatic rings. The molecule has 2 nitrogen and oxygen atoms in total. The van der Waals surface area contributed by atoms with E-state index in [1.54, 1.807) is 0 Å². The Balaban J connectivity index is 4.40. The molecule has 0 saturated carbocycles. The molecule has 0 spiro atoms. The van der Waals surface area contributed by atoms with E-state index < -0.39 is 20.2 Å². The van der Waals surface area contributed by atoms with Crippen LogP contribution in [0.25, 0.3) is 0 Å². The first kappa shape index (κ1) is 10.0. The van der Waals surface area contributed by atoms with Crippen molar-refractivity contribution in [2.24, 2.45) is 0 Å². The van der Waals surface area contributed by atoms with Crippen LogP contribution in [0.2, 0.25) is 0 Å². The molecule has 0 amide bonds. The molecule has 0 aliphatic rings. The monoisotopic (exact) mass is 184 g/mol. The topological polar surface area (TPSA) is 40.5 Å².